The van der Waals surface area contributed by atoms with Gasteiger partial charge in [-0.05, 0) is 32.9 Å². The van der Waals surface area contributed by atoms with Crippen LogP contribution < -0.4 is 15.7 Å². The van der Waals surface area contributed by atoms with Crippen LogP contribution in [0.15, 0.2) is 29.1 Å². The van der Waals surface area contributed by atoms with Crippen molar-refractivity contribution in [2.75, 3.05) is 6.54 Å². The van der Waals surface area contributed by atoms with Gasteiger partial charge in [-0.25, -0.2) is 0 Å². The Kier molecular flexibility index (Phi) is 4.16. The Morgan fingerprint density at radius 2 is 2.05 bits per heavy atom. The normalized spacial score (nSPS) is 10.9. The highest BCUT2D eigenvalue weighted by Crippen LogP contribution is 2.25. The minimum atomic E-state index is -0.675. The van der Waals surface area contributed by atoms with E-state index in [1.807, 2.05) is 0 Å². The van der Waals surface area contributed by atoms with Crippen molar-refractivity contribution in [1.82, 2.24) is 10.0 Å². The number of para-hydroxylation sites is 1. The molecule has 2 rings (SSSR count). The minimum Gasteiger partial charge on any atom is -0.506 e. The molecule has 6 heteroatoms. The number of aromatic hydroxyl groups is 1. The molecule has 1 heterocycles. The first-order valence-electron chi connectivity index (χ1n) is 6.79. The number of carbonyl (C=O) groups excluding carboxylic acids is 1. The van der Waals surface area contributed by atoms with Crippen molar-refractivity contribution in [3.63, 3.8) is 0 Å². The maximum Gasteiger partial charge on any atom is 0.300 e. The first kappa shape index (κ1) is 14.9. The van der Waals surface area contributed by atoms with E-state index in [1.54, 1.807) is 45.0 Å². The summed E-state index contributed by atoms with van der Waals surface area (Å²) in [6, 6.07) is 6.73. The Morgan fingerprint density at radius 1 is 1.38 bits per heavy atom. The molecule has 2 N–H and O–H groups in total. The van der Waals surface area contributed by atoms with Crippen LogP contribution in [0, 0.1) is 0 Å². The van der Waals surface area contributed by atoms with Gasteiger partial charge in [-0.2, -0.15) is 0 Å². The maximum absolute atomic E-state index is 12.5. The average molecular weight is 290 g/mol. The molecule has 2 aromatic rings. The monoisotopic (exact) mass is 290 g/mol. The van der Waals surface area contributed by atoms with Crippen LogP contribution in [0.25, 0.3) is 10.9 Å². The predicted molar refractivity (Wildman–Crippen MR) is 79.6 cm³/mol. The summed E-state index contributed by atoms with van der Waals surface area (Å²) in [6.07, 6.45) is -0.252. The van der Waals surface area contributed by atoms with Gasteiger partial charge in [-0.3, -0.25) is 9.59 Å². The third-order valence-corrected chi connectivity index (χ3v) is 2.89. The van der Waals surface area contributed by atoms with E-state index in [-0.39, 0.29) is 17.4 Å². The van der Waals surface area contributed by atoms with Crippen LogP contribution >= 0.6 is 0 Å². The van der Waals surface area contributed by atoms with E-state index in [0.29, 0.717) is 17.4 Å². The van der Waals surface area contributed by atoms with Gasteiger partial charge in [0.15, 0.2) is 0 Å². The zero-order chi connectivity index (χ0) is 15.6. The lowest BCUT2D eigenvalue weighted by molar-refractivity contribution is 0.0602. The number of carbonyl (C=O) groups is 1. The Morgan fingerprint density at radius 3 is 2.67 bits per heavy atom. The fourth-order valence-corrected chi connectivity index (χ4v) is 2.07. The number of nitrogens with one attached hydrogen (secondary N) is 1. The van der Waals surface area contributed by atoms with E-state index in [1.165, 1.54) is 0 Å². The van der Waals surface area contributed by atoms with Crippen LogP contribution in [0.1, 0.15) is 31.1 Å². The van der Waals surface area contributed by atoms with Crippen molar-refractivity contribution in [2.24, 2.45) is 0 Å². The molecule has 0 saturated heterocycles. The first-order chi connectivity index (χ1) is 9.97. The Balaban J connectivity index is 2.81. The summed E-state index contributed by atoms with van der Waals surface area (Å²) in [4.78, 5) is 30.0. The summed E-state index contributed by atoms with van der Waals surface area (Å²) in [5.41, 5.74) is -0.566. The van der Waals surface area contributed by atoms with Gasteiger partial charge in [-0.1, -0.05) is 12.1 Å². The standard InChI is InChI=1S/C15H18N2O4/c1-4-16-14(19)12-13(18)10-7-5-6-8-11(10)17(15(12)20)21-9(2)3/h5-9,18H,4H2,1-3H3,(H,16,19). The van der Waals surface area contributed by atoms with E-state index in [0.717, 1.165) is 4.73 Å². The zero-order valence-corrected chi connectivity index (χ0v) is 12.2. The van der Waals surface area contributed by atoms with Crippen LogP contribution in [0.2, 0.25) is 0 Å². The highest BCUT2D eigenvalue weighted by Gasteiger charge is 2.22. The van der Waals surface area contributed by atoms with Gasteiger partial charge >= 0.3 is 0 Å². The van der Waals surface area contributed by atoms with Gasteiger partial charge in [-0.15, -0.1) is 4.73 Å². The first-order valence-corrected chi connectivity index (χ1v) is 6.79. The lowest BCUT2D eigenvalue weighted by Gasteiger charge is -2.17. The number of hydrogen-bond acceptors (Lipinski definition) is 4. The predicted octanol–water partition coefficient (Wildman–Crippen LogP) is 1.29. The molecule has 112 valence electrons. The second-order valence-corrected chi connectivity index (χ2v) is 4.85. The third-order valence-electron chi connectivity index (χ3n) is 2.89. The van der Waals surface area contributed by atoms with Crippen molar-refractivity contribution in [1.29, 1.82) is 0 Å². The fraction of sp³-hybridized carbons (Fsp3) is 0.333. The molecule has 0 saturated carbocycles. The molecule has 0 atom stereocenters. The SMILES string of the molecule is CCNC(=O)c1c(O)c2ccccc2n(OC(C)C)c1=O. The van der Waals surface area contributed by atoms with Crippen LogP contribution in [-0.2, 0) is 0 Å². The van der Waals surface area contributed by atoms with Crippen LogP contribution in [0.3, 0.4) is 0 Å². The number of rotatable bonds is 4. The van der Waals surface area contributed by atoms with Crippen molar-refractivity contribution >= 4 is 16.8 Å². The third kappa shape index (κ3) is 2.69. The zero-order valence-electron chi connectivity index (χ0n) is 12.2. The Bertz CT molecular complexity index is 734. The van der Waals surface area contributed by atoms with Gasteiger partial charge < -0.3 is 15.3 Å². The molecule has 0 radical (unpaired) electrons. The van der Waals surface area contributed by atoms with E-state index in [4.69, 9.17) is 4.84 Å². The molecule has 1 aromatic carbocycles. The number of hydrogen-bond donors (Lipinski definition) is 2. The summed E-state index contributed by atoms with van der Waals surface area (Å²) >= 11 is 0. The summed E-state index contributed by atoms with van der Waals surface area (Å²) in [5, 5.41) is 13.2. The van der Waals surface area contributed by atoms with E-state index >= 15 is 0 Å². The molecule has 0 fully saturated rings. The molecule has 1 amide bonds. The second-order valence-electron chi connectivity index (χ2n) is 4.85. The molecule has 1 aromatic heterocycles. The average Bonchev–Trinajstić information content (AvgIpc) is 2.44. The summed E-state index contributed by atoms with van der Waals surface area (Å²) in [7, 11) is 0. The van der Waals surface area contributed by atoms with Gasteiger partial charge in [0.1, 0.15) is 17.4 Å². The molecule has 0 aliphatic heterocycles. The van der Waals surface area contributed by atoms with Crippen LogP contribution in [-0.4, -0.2) is 28.4 Å². The van der Waals surface area contributed by atoms with E-state index in [9.17, 15) is 14.7 Å². The lowest BCUT2D eigenvalue weighted by Crippen LogP contribution is -2.37. The van der Waals surface area contributed by atoms with Crippen LogP contribution in [0.5, 0.6) is 5.75 Å². The largest absolute Gasteiger partial charge is 0.506 e. The second kappa shape index (κ2) is 5.87. The smallest absolute Gasteiger partial charge is 0.300 e. The lowest BCUT2D eigenvalue weighted by atomic mass is 10.1. The summed E-state index contributed by atoms with van der Waals surface area (Å²) < 4.78 is 1.06. The topological polar surface area (TPSA) is 80.6 Å². The quantitative estimate of drug-likeness (QED) is 0.889. The maximum atomic E-state index is 12.5. The van der Waals surface area contributed by atoms with Gasteiger partial charge in [0.25, 0.3) is 11.5 Å². The number of fused-ring (bicyclic) bond motifs is 1. The fourth-order valence-electron chi connectivity index (χ4n) is 2.07. The minimum absolute atomic E-state index is 0.252. The van der Waals surface area contributed by atoms with E-state index in [2.05, 4.69) is 5.32 Å². The Hall–Kier alpha value is -2.50. The number of amides is 1. The molecule has 6 nitrogen and oxygen atoms in total. The molecular formula is C15H18N2O4. The van der Waals surface area contributed by atoms with Crippen LogP contribution in [0.4, 0.5) is 0 Å². The van der Waals surface area contributed by atoms with Crippen molar-refractivity contribution < 1.29 is 14.7 Å². The van der Waals surface area contributed by atoms with Crippen molar-refractivity contribution in [3.05, 3.63) is 40.2 Å². The van der Waals surface area contributed by atoms with Gasteiger partial charge in [0.05, 0.1) is 5.52 Å². The molecule has 21 heavy (non-hydrogen) atoms. The molecule has 0 bridgehead atoms. The number of pyridine rings is 1. The number of aromatic nitrogens is 1. The number of benzene rings is 1. The highest BCUT2D eigenvalue weighted by molar-refractivity contribution is 6.02. The molecule has 0 spiro atoms. The summed E-state index contributed by atoms with van der Waals surface area (Å²) in [6.45, 7) is 5.65. The molecule has 0 unspecified atom stereocenters. The van der Waals surface area contributed by atoms with Crippen molar-refractivity contribution in [2.45, 2.75) is 26.9 Å². The highest BCUT2D eigenvalue weighted by atomic mass is 16.7. The molecule has 0 aliphatic carbocycles. The van der Waals surface area contributed by atoms with Gasteiger partial charge in [0, 0.05) is 11.9 Å². The van der Waals surface area contributed by atoms with Crippen molar-refractivity contribution in [3.8, 4) is 5.75 Å². The molecule has 0 aliphatic rings. The molecular weight excluding hydrogens is 272 g/mol. The number of nitrogens with zero attached hydrogens (tertiary/aromatic N) is 1. The van der Waals surface area contributed by atoms with Gasteiger partial charge in [0.2, 0.25) is 0 Å². The summed E-state index contributed by atoms with van der Waals surface area (Å²) in [5.74, 6) is -0.947. The van der Waals surface area contributed by atoms with E-state index < -0.39 is 11.5 Å². The Labute approximate surface area is 121 Å².